The average molecular weight is 560 g/mol. The highest BCUT2D eigenvalue weighted by Gasteiger charge is 2.16. The summed E-state index contributed by atoms with van der Waals surface area (Å²) in [6.45, 7) is 3.07. The van der Waals surface area contributed by atoms with Gasteiger partial charge in [0, 0.05) is 43.0 Å². The molecule has 0 bridgehead atoms. The highest BCUT2D eigenvalue weighted by Crippen LogP contribution is 2.19. The van der Waals surface area contributed by atoms with Crippen molar-refractivity contribution in [3.8, 4) is 0 Å². The van der Waals surface area contributed by atoms with Gasteiger partial charge in [0.2, 0.25) is 0 Å². The second-order valence-electron chi connectivity index (χ2n) is 10.4. The molecule has 3 aromatic carbocycles. The van der Waals surface area contributed by atoms with Gasteiger partial charge in [-0.1, -0.05) is 24.3 Å². The lowest BCUT2D eigenvalue weighted by atomic mass is 10.1. The number of urea groups is 1. The highest BCUT2D eigenvalue weighted by molar-refractivity contribution is 6.05. The number of likely N-dealkylation sites (N-methyl/N-ethyl adjacent to an activating group) is 1. The van der Waals surface area contributed by atoms with Crippen LogP contribution >= 0.6 is 0 Å². The van der Waals surface area contributed by atoms with Gasteiger partial charge in [0.05, 0.1) is 11.4 Å². The highest BCUT2D eigenvalue weighted by atomic mass is 16.2. The maximum atomic E-state index is 13.3. The fraction of sp³-hybridized carbons (Fsp3) is 0.323. The van der Waals surface area contributed by atoms with Crippen molar-refractivity contribution in [2.45, 2.75) is 13.0 Å². The van der Waals surface area contributed by atoms with E-state index in [1.807, 2.05) is 57.4 Å². The maximum absolute atomic E-state index is 13.3. The third kappa shape index (κ3) is 10.3. The number of hydrogen-bond donors (Lipinski definition) is 4. The van der Waals surface area contributed by atoms with E-state index < -0.39 is 0 Å². The zero-order valence-electron chi connectivity index (χ0n) is 24.3. The summed E-state index contributed by atoms with van der Waals surface area (Å²) in [5.41, 5.74) is 9.51. The van der Waals surface area contributed by atoms with Crippen LogP contribution in [0.15, 0.2) is 72.8 Å². The molecule has 0 fully saturated rings. The van der Waals surface area contributed by atoms with Crippen LogP contribution in [0.3, 0.4) is 0 Å². The summed E-state index contributed by atoms with van der Waals surface area (Å²) < 4.78 is 0. The van der Waals surface area contributed by atoms with Crippen LogP contribution in [0.4, 0.5) is 21.9 Å². The van der Waals surface area contributed by atoms with Crippen LogP contribution in [0.5, 0.6) is 0 Å². The van der Waals surface area contributed by atoms with Crippen LogP contribution in [-0.4, -0.2) is 86.9 Å². The van der Waals surface area contributed by atoms with E-state index in [4.69, 9.17) is 5.73 Å². The molecule has 0 radical (unpaired) electrons. The first kappa shape index (κ1) is 31.1. The number of rotatable bonds is 13. The minimum atomic E-state index is -0.259. The van der Waals surface area contributed by atoms with Gasteiger partial charge in [-0.15, -0.1) is 0 Å². The molecule has 0 aromatic heterocycles. The Labute approximate surface area is 242 Å². The standard InChI is InChI=1S/C31H41N7O3/c1-36(2)19-7-20-38(31(41)34-26-16-14-24(15-17-26)29(39)33-18-21-37(3)4)22-23-10-12-25(13-11-23)30(40)35-28-9-6-5-8-27(28)32/h5-6,8-17H,7,18-22,32H2,1-4H3,(H,33,39)(H,34,41)(H,35,40). The third-order valence-electron chi connectivity index (χ3n) is 6.36. The zero-order chi connectivity index (χ0) is 29.8. The van der Waals surface area contributed by atoms with Crippen LogP contribution in [0, 0.1) is 0 Å². The molecule has 0 spiro atoms. The predicted molar refractivity (Wildman–Crippen MR) is 165 cm³/mol. The van der Waals surface area contributed by atoms with Crippen LogP contribution in [0.25, 0.3) is 0 Å². The maximum Gasteiger partial charge on any atom is 0.322 e. The Balaban J connectivity index is 1.63. The van der Waals surface area contributed by atoms with Gasteiger partial charge in [-0.25, -0.2) is 4.79 Å². The Bertz CT molecular complexity index is 1290. The Hall–Kier alpha value is -4.41. The summed E-state index contributed by atoms with van der Waals surface area (Å²) in [7, 11) is 7.89. The van der Waals surface area contributed by atoms with Crippen molar-refractivity contribution in [3.63, 3.8) is 0 Å². The van der Waals surface area contributed by atoms with Crippen molar-refractivity contribution in [1.82, 2.24) is 20.0 Å². The molecular formula is C31H41N7O3. The molecule has 41 heavy (non-hydrogen) atoms. The second kappa shape index (κ2) is 15.4. The minimum absolute atomic E-state index is 0.153. The summed E-state index contributed by atoms with van der Waals surface area (Å²) in [4.78, 5) is 44.1. The lowest BCUT2D eigenvalue weighted by Crippen LogP contribution is -2.36. The Morgan fingerprint density at radius 1 is 0.707 bits per heavy atom. The fourth-order valence-corrected chi connectivity index (χ4v) is 4.02. The van der Waals surface area contributed by atoms with Crippen LogP contribution in [0.1, 0.15) is 32.7 Å². The molecule has 3 rings (SSSR count). The van der Waals surface area contributed by atoms with Gasteiger partial charge >= 0.3 is 6.03 Å². The quantitative estimate of drug-likeness (QED) is 0.236. The normalized spacial score (nSPS) is 10.9. The van der Waals surface area contributed by atoms with Gasteiger partial charge in [0.1, 0.15) is 0 Å². The predicted octanol–water partition coefficient (Wildman–Crippen LogP) is 3.80. The number of hydrogen-bond acceptors (Lipinski definition) is 6. The third-order valence-corrected chi connectivity index (χ3v) is 6.36. The molecule has 0 saturated heterocycles. The summed E-state index contributed by atoms with van der Waals surface area (Å²) in [5, 5.41) is 8.65. The molecule has 0 aliphatic rings. The number of nitrogens with zero attached hydrogens (tertiary/aromatic N) is 3. The topological polar surface area (TPSA) is 123 Å². The largest absolute Gasteiger partial charge is 0.397 e. The van der Waals surface area contributed by atoms with Crippen molar-refractivity contribution in [2.24, 2.45) is 0 Å². The lowest BCUT2D eigenvalue weighted by molar-refractivity contribution is 0.0950. The van der Waals surface area contributed by atoms with Gasteiger partial charge < -0.3 is 36.4 Å². The van der Waals surface area contributed by atoms with E-state index in [9.17, 15) is 14.4 Å². The minimum Gasteiger partial charge on any atom is -0.397 e. The van der Waals surface area contributed by atoms with E-state index in [1.165, 1.54) is 0 Å². The van der Waals surface area contributed by atoms with Gasteiger partial charge in [-0.2, -0.15) is 0 Å². The first-order chi connectivity index (χ1) is 19.6. The van der Waals surface area contributed by atoms with E-state index in [1.54, 1.807) is 53.4 Å². The molecule has 218 valence electrons. The fourth-order valence-electron chi connectivity index (χ4n) is 4.02. The molecule has 0 atom stereocenters. The number of carbonyl (C=O) groups excluding carboxylic acids is 3. The van der Waals surface area contributed by atoms with E-state index in [0.29, 0.717) is 47.8 Å². The second-order valence-corrected chi connectivity index (χ2v) is 10.4. The molecule has 10 nitrogen and oxygen atoms in total. The summed E-state index contributed by atoms with van der Waals surface area (Å²) >= 11 is 0. The van der Waals surface area contributed by atoms with E-state index in [-0.39, 0.29) is 17.8 Å². The van der Waals surface area contributed by atoms with E-state index in [2.05, 4.69) is 20.9 Å². The first-order valence-corrected chi connectivity index (χ1v) is 13.6. The van der Waals surface area contributed by atoms with Crippen LogP contribution in [0.2, 0.25) is 0 Å². The van der Waals surface area contributed by atoms with Crippen LogP contribution in [-0.2, 0) is 6.54 Å². The number of benzene rings is 3. The number of amides is 4. The van der Waals surface area contributed by atoms with Crippen molar-refractivity contribution < 1.29 is 14.4 Å². The number of nitrogen functional groups attached to an aromatic ring is 1. The molecular weight excluding hydrogens is 518 g/mol. The number of anilines is 3. The SMILES string of the molecule is CN(C)CCCN(Cc1ccc(C(=O)Nc2ccccc2N)cc1)C(=O)Nc1ccc(C(=O)NCCN(C)C)cc1. The molecule has 10 heteroatoms. The number of para-hydroxylation sites is 2. The smallest absolute Gasteiger partial charge is 0.322 e. The molecule has 0 unspecified atom stereocenters. The summed E-state index contributed by atoms with van der Waals surface area (Å²) in [6.07, 6.45) is 0.797. The number of nitrogens with two attached hydrogens (primary N) is 1. The Morgan fingerprint density at radius 3 is 1.95 bits per heavy atom. The van der Waals surface area contributed by atoms with Gasteiger partial charge in [0.25, 0.3) is 11.8 Å². The summed E-state index contributed by atoms with van der Waals surface area (Å²) in [6, 6.07) is 20.9. The Kier molecular flexibility index (Phi) is 11.7. The summed E-state index contributed by atoms with van der Waals surface area (Å²) in [5.74, 6) is -0.413. The van der Waals surface area contributed by atoms with E-state index in [0.717, 1.165) is 25.1 Å². The first-order valence-electron chi connectivity index (χ1n) is 13.6. The van der Waals surface area contributed by atoms with Gasteiger partial charge in [-0.3, -0.25) is 9.59 Å². The monoisotopic (exact) mass is 559 g/mol. The Morgan fingerprint density at radius 2 is 1.32 bits per heavy atom. The van der Waals surface area contributed by atoms with Gasteiger partial charge in [0.15, 0.2) is 0 Å². The molecule has 5 N–H and O–H groups in total. The van der Waals surface area contributed by atoms with Gasteiger partial charge in [-0.05, 0) is 95.3 Å². The van der Waals surface area contributed by atoms with Crippen LogP contribution < -0.4 is 21.7 Å². The van der Waals surface area contributed by atoms with Crippen molar-refractivity contribution >= 4 is 34.9 Å². The van der Waals surface area contributed by atoms with Crippen molar-refractivity contribution in [3.05, 3.63) is 89.5 Å². The number of nitrogens with one attached hydrogen (secondary N) is 3. The van der Waals surface area contributed by atoms with E-state index >= 15 is 0 Å². The lowest BCUT2D eigenvalue weighted by Gasteiger charge is -2.24. The number of carbonyl (C=O) groups is 3. The molecule has 0 aliphatic heterocycles. The molecule has 0 heterocycles. The molecule has 0 aliphatic carbocycles. The zero-order valence-corrected chi connectivity index (χ0v) is 24.3. The molecule has 3 aromatic rings. The molecule has 4 amide bonds. The van der Waals surface area contributed by atoms with Crippen molar-refractivity contribution in [1.29, 1.82) is 0 Å². The molecule has 0 saturated carbocycles. The average Bonchev–Trinajstić information content (AvgIpc) is 2.94. The van der Waals surface area contributed by atoms with Crippen molar-refractivity contribution in [2.75, 3.05) is 70.7 Å².